The summed E-state index contributed by atoms with van der Waals surface area (Å²) in [5.74, 6) is -0.539. The molecule has 0 saturated heterocycles. The van der Waals surface area contributed by atoms with Gasteiger partial charge in [-0.15, -0.1) is 0 Å². The van der Waals surface area contributed by atoms with Crippen LogP contribution in [0.4, 0.5) is 15.8 Å². The molecule has 2 rings (SSSR count). The molecule has 0 unspecified atom stereocenters. The van der Waals surface area contributed by atoms with Crippen molar-refractivity contribution in [2.24, 2.45) is 0 Å². The zero-order chi connectivity index (χ0) is 13.8. The number of rotatable bonds is 3. The average molecular weight is 276 g/mol. The predicted molar refractivity (Wildman–Crippen MR) is 74.3 cm³/mol. The minimum Gasteiger partial charge on any atom is -0.397 e. The molecule has 0 aliphatic carbocycles. The van der Waals surface area contributed by atoms with Crippen LogP contribution in [0.5, 0.6) is 0 Å². The summed E-state index contributed by atoms with van der Waals surface area (Å²) in [6, 6.07) is 11.8. The highest BCUT2D eigenvalue weighted by Gasteiger charge is 2.06. The van der Waals surface area contributed by atoms with Crippen molar-refractivity contribution < 1.29 is 4.39 Å². The van der Waals surface area contributed by atoms with Gasteiger partial charge in [0, 0.05) is 12.6 Å². The van der Waals surface area contributed by atoms with Crippen LogP contribution in [0.15, 0.2) is 36.4 Å². The number of nitrogens with two attached hydrogens (primary N) is 1. The van der Waals surface area contributed by atoms with Crippen LogP contribution in [0.1, 0.15) is 11.1 Å². The topological polar surface area (TPSA) is 61.8 Å². The van der Waals surface area contributed by atoms with Crippen molar-refractivity contribution in [1.29, 1.82) is 5.26 Å². The van der Waals surface area contributed by atoms with E-state index in [0.29, 0.717) is 23.5 Å². The molecule has 0 fully saturated rings. The third-order valence-electron chi connectivity index (χ3n) is 2.66. The molecular formula is C14H11ClFN3. The van der Waals surface area contributed by atoms with E-state index in [-0.39, 0.29) is 5.02 Å². The summed E-state index contributed by atoms with van der Waals surface area (Å²) in [6.07, 6.45) is 0. The fourth-order valence-electron chi connectivity index (χ4n) is 1.61. The molecule has 0 atom stereocenters. The van der Waals surface area contributed by atoms with Gasteiger partial charge >= 0.3 is 0 Å². The van der Waals surface area contributed by atoms with E-state index >= 15 is 0 Å². The van der Waals surface area contributed by atoms with E-state index in [1.165, 1.54) is 12.1 Å². The molecule has 5 heteroatoms. The van der Waals surface area contributed by atoms with E-state index < -0.39 is 5.82 Å². The van der Waals surface area contributed by atoms with Crippen LogP contribution in [-0.2, 0) is 6.54 Å². The Morgan fingerprint density at radius 2 is 1.95 bits per heavy atom. The van der Waals surface area contributed by atoms with Gasteiger partial charge in [-0.2, -0.15) is 5.26 Å². The molecule has 0 spiro atoms. The normalized spacial score (nSPS) is 9.95. The molecule has 3 N–H and O–H groups in total. The van der Waals surface area contributed by atoms with Crippen LogP contribution in [0.25, 0.3) is 0 Å². The van der Waals surface area contributed by atoms with Gasteiger partial charge in [-0.1, -0.05) is 23.7 Å². The third kappa shape index (κ3) is 3.15. The van der Waals surface area contributed by atoms with Crippen molar-refractivity contribution in [1.82, 2.24) is 0 Å². The Labute approximate surface area is 115 Å². The fourth-order valence-corrected chi connectivity index (χ4v) is 1.77. The lowest BCUT2D eigenvalue weighted by Gasteiger charge is -2.10. The number of nitriles is 1. The molecule has 0 heterocycles. The largest absolute Gasteiger partial charge is 0.397 e. The Morgan fingerprint density at radius 1 is 1.26 bits per heavy atom. The summed E-state index contributed by atoms with van der Waals surface area (Å²) in [5, 5.41) is 11.8. The molecule has 96 valence electrons. The SMILES string of the molecule is N#Cc1ccc(CNc2cc(Cl)c(F)cc2N)cc1. The van der Waals surface area contributed by atoms with Gasteiger partial charge in [0.1, 0.15) is 5.82 Å². The second-order valence-electron chi connectivity index (χ2n) is 4.02. The quantitative estimate of drug-likeness (QED) is 0.842. The predicted octanol–water partition coefficient (Wildman–Crippen LogP) is 3.55. The molecule has 0 amide bonds. The van der Waals surface area contributed by atoms with E-state index in [1.54, 1.807) is 12.1 Å². The maximum absolute atomic E-state index is 13.1. The fraction of sp³-hybridized carbons (Fsp3) is 0.0714. The minimum atomic E-state index is -0.539. The van der Waals surface area contributed by atoms with E-state index in [2.05, 4.69) is 11.4 Å². The van der Waals surface area contributed by atoms with E-state index in [9.17, 15) is 4.39 Å². The number of nitrogens with zero attached hydrogens (tertiary/aromatic N) is 1. The van der Waals surface area contributed by atoms with Gasteiger partial charge in [0.05, 0.1) is 28.0 Å². The van der Waals surface area contributed by atoms with Crippen LogP contribution in [-0.4, -0.2) is 0 Å². The summed E-state index contributed by atoms with van der Waals surface area (Å²) in [6.45, 7) is 0.512. The van der Waals surface area contributed by atoms with E-state index in [0.717, 1.165) is 5.56 Å². The molecule has 2 aromatic rings. The highest BCUT2D eigenvalue weighted by molar-refractivity contribution is 6.31. The highest BCUT2D eigenvalue weighted by atomic mass is 35.5. The number of halogens is 2. The molecule has 3 nitrogen and oxygen atoms in total. The van der Waals surface area contributed by atoms with Gasteiger partial charge in [0.15, 0.2) is 0 Å². The first-order valence-corrected chi connectivity index (χ1v) is 5.95. The van der Waals surface area contributed by atoms with Crippen molar-refractivity contribution in [2.75, 3.05) is 11.1 Å². The van der Waals surface area contributed by atoms with Crippen LogP contribution < -0.4 is 11.1 Å². The van der Waals surface area contributed by atoms with Crippen LogP contribution in [0, 0.1) is 17.1 Å². The van der Waals surface area contributed by atoms with Crippen LogP contribution >= 0.6 is 11.6 Å². The van der Waals surface area contributed by atoms with Gasteiger partial charge in [-0.3, -0.25) is 0 Å². The number of hydrogen-bond acceptors (Lipinski definition) is 3. The Morgan fingerprint density at radius 3 is 2.58 bits per heavy atom. The second kappa shape index (κ2) is 5.59. The van der Waals surface area contributed by atoms with Gasteiger partial charge in [-0.25, -0.2) is 4.39 Å². The molecule has 0 saturated carbocycles. The first kappa shape index (κ1) is 13.2. The Balaban J connectivity index is 2.10. The molecule has 0 aromatic heterocycles. The van der Waals surface area contributed by atoms with Crippen molar-refractivity contribution in [2.45, 2.75) is 6.54 Å². The number of nitrogen functional groups attached to an aromatic ring is 1. The summed E-state index contributed by atoms with van der Waals surface area (Å²) in [5.41, 5.74) is 8.17. The maximum Gasteiger partial charge on any atom is 0.143 e. The first-order valence-electron chi connectivity index (χ1n) is 5.57. The van der Waals surface area contributed by atoms with Gasteiger partial charge < -0.3 is 11.1 Å². The van der Waals surface area contributed by atoms with Crippen LogP contribution in [0.3, 0.4) is 0 Å². The average Bonchev–Trinajstić information content (AvgIpc) is 2.42. The summed E-state index contributed by atoms with van der Waals surface area (Å²) >= 11 is 5.70. The molecule has 0 aliphatic rings. The molecule has 0 aliphatic heterocycles. The lowest BCUT2D eigenvalue weighted by atomic mass is 10.1. The van der Waals surface area contributed by atoms with Gasteiger partial charge in [0.2, 0.25) is 0 Å². The smallest absolute Gasteiger partial charge is 0.143 e. The van der Waals surface area contributed by atoms with Crippen LogP contribution in [0.2, 0.25) is 5.02 Å². The molecule has 19 heavy (non-hydrogen) atoms. The van der Waals surface area contributed by atoms with Gasteiger partial charge in [-0.05, 0) is 23.8 Å². The minimum absolute atomic E-state index is 0.0246. The number of benzene rings is 2. The first-order chi connectivity index (χ1) is 9.10. The Kier molecular flexibility index (Phi) is 3.88. The van der Waals surface area contributed by atoms with Gasteiger partial charge in [0.25, 0.3) is 0 Å². The molecule has 0 bridgehead atoms. The molecule has 0 radical (unpaired) electrons. The number of nitrogens with one attached hydrogen (secondary N) is 1. The molecular weight excluding hydrogens is 265 g/mol. The third-order valence-corrected chi connectivity index (χ3v) is 2.95. The zero-order valence-electron chi connectivity index (χ0n) is 9.95. The lowest BCUT2D eigenvalue weighted by Crippen LogP contribution is -2.03. The van der Waals surface area contributed by atoms with Crippen molar-refractivity contribution >= 4 is 23.0 Å². The maximum atomic E-state index is 13.1. The lowest BCUT2D eigenvalue weighted by molar-refractivity contribution is 0.629. The van der Waals surface area contributed by atoms with Crippen molar-refractivity contribution in [3.05, 3.63) is 58.4 Å². The van der Waals surface area contributed by atoms with E-state index in [1.807, 2.05) is 12.1 Å². The monoisotopic (exact) mass is 275 g/mol. The van der Waals surface area contributed by atoms with E-state index in [4.69, 9.17) is 22.6 Å². The zero-order valence-corrected chi connectivity index (χ0v) is 10.7. The summed E-state index contributed by atoms with van der Waals surface area (Å²) in [4.78, 5) is 0. The van der Waals surface area contributed by atoms with Crippen molar-refractivity contribution in [3.63, 3.8) is 0 Å². The summed E-state index contributed by atoms with van der Waals surface area (Å²) < 4.78 is 13.1. The highest BCUT2D eigenvalue weighted by Crippen LogP contribution is 2.26. The summed E-state index contributed by atoms with van der Waals surface area (Å²) in [7, 11) is 0. The number of anilines is 2. The Bertz CT molecular complexity index is 632. The molecule has 2 aromatic carbocycles. The second-order valence-corrected chi connectivity index (χ2v) is 4.42. The van der Waals surface area contributed by atoms with Crippen molar-refractivity contribution in [3.8, 4) is 6.07 Å². The standard InChI is InChI=1S/C14H11ClFN3/c15-11-5-14(13(18)6-12(11)16)19-8-10-3-1-9(7-17)2-4-10/h1-6,19H,8,18H2. The number of hydrogen-bond donors (Lipinski definition) is 2. The Hall–Kier alpha value is -2.25.